The first kappa shape index (κ1) is 18.4. The van der Waals surface area contributed by atoms with Crippen molar-refractivity contribution in [2.24, 2.45) is 7.05 Å². The Morgan fingerprint density at radius 3 is 2.66 bits per heavy atom. The van der Waals surface area contributed by atoms with Gasteiger partial charge in [-0.05, 0) is 58.1 Å². The van der Waals surface area contributed by atoms with E-state index >= 15 is 0 Å². The van der Waals surface area contributed by atoms with Gasteiger partial charge in [-0.25, -0.2) is 4.98 Å². The minimum atomic E-state index is 0.126. The van der Waals surface area contributed by atoms with Crippen molar-refractivity contribution in [3.8, 4) is 0 Å². The Kier molecular flexibility index (Phi) is 4.46. The number of aryl methyl sites for hydroxylation is 2. The van der Waals surface area contributed by atoms with Crippen LogP contribution in [-0.2, 0) is 20.1 Å². The van der Waals surface area contributed by atoms with Crippen molar-refractivity contribution in [1.29, 1.82) is 0 Å². The molecule has 3 aromatic rings. The van der Waals surface area contributed by atoms with Crippen LogP contribution in [0, 0.1) is 6.92 Å². The van der Waals surface area contributed by atoms with E-state index in [0.717, 1.165) is 61.3 Å². The quantitative estimate of drug-likeness (QED) is 0.674. The fourth-order valence-corrected chi connectivity index (χ4v) is 5.02. The van der Waals surface area contributed by atoms with E-state index in [0.29, 0.717) is 12.5 Å². The van der Waals surface area contributed by atoms with E-state index in [1.807, 2.05) is 36.3 Å². The lowest BCUT2D eigenvalue weighted by Crippen LogP contribution is -2.39. The molecule has 4 heterocycles. The molecule has 152 valence electrons. The third kappa shape index (κ3) is 3.06. The fraction of sp³-hybridized carbons (Fsp3) is 0.478. The molecule has 6 nitrogen and oxygen atoms in total. The molecule has 1 amide bonds. The molecule has 0 saturated carbocycles. The van der Waals surface area contributed by atoms with E-state index in [1.54, 1.807) is 0 Å². The van der Waals surface area contributed by atoms with E-state index in [2.05, 4.69) is 34.1 Å². The van der Waals surface area contributed by atoms with Gasteiger partial charge in [-0.2, -0.15) is 0 Å². The maximum atomic E-state index is 13.5. The zero-order valence-corrected chi connectivity index (χ0v) is 17.6. The van der Waals surface area contributed by atoms with E-state index in [-0.39, 0.29) is 5.91 Å². The lowest BCUT2D eigenvalue weighted by molar-refractivity contribution is 0.0711. The summed E-state index contributed by atoms with van der Waals surface area (Å²) in [4.78, 5) is 22.8. The fourth-order valence-electron chi connectivity index (χ4n) is 5.02. The molecule has 0 aliphatic carbocycles. The van der Waals surface area contributed by atoms with Crippen LogP contribution in [0.25, 0.3) is 10.9 Å². The van der Waals surface area contributed by atoms with Gasteiger partial charge in [0.1, 0.15) is 5.82 Å². The summed E-state index contributed by atoms with van der Waals surface area (Å²) in [6.45, 7) is 6.56. The van der Waals surface area contributed by atoms with Crippen molar-refractivity contribution < 1.29 is 4.79 Å². The number of likely N-dealkylation sites (tertiary alicyclic amines) is 1. The predicted octanol–water partition coefficient (Wildman–Crippen LogP) is 3.15. The predicted molar refractivity (Wildman–Crippen MR) is 114 cm³/mol. The van der Waals surface area contributed by atoms with E-state index in [1.165, 1.54) is 11.4 Å². The first-order valence-corrected chi connectivity index (χ1v) is 10.6. The molecule has 5 rings (SSSR count). The summed E-state index contributed by atoms with van der Waals surface area (Å²) >= 11 is 0. The molecule has 0 bridgehead atoms. The number of rotatable bonds is 2. The second-order valence-corrected chi connectivity index (χ2v) is 8.61. The Labute approximate surface area is 171 Å². The first-order valence-electron chi connectivity index (χ1n) is 10.6. The molecule has 29 heavy (non-hydrogen) atoms. The highest BCUT2D eigenvalue weighted by atomic mass is 16.2. The Balaban J connectivity index is 1.45. The highest BCUT2D eigenvalue weighted by Crippen LogP contribution is 2.32. The summed E-state index contributed by atoms with van der Waals surface area (Å²) in [5.41, 5.74) is 4.37. The highest BCUT2D eigenvalue weighted by Gasteiger charge is 2.31. The molecule has 0 N–H and O–H groups in total. The molecular formula is C23H29N5O. The molecule has 0 spiro atoms. The van der Waals surface area contributed by atoms with Crippen LogP contribution in [0.15, 0.2) is 30.5 Å². The SMILES string of the molecule is Cc1nc(C2CCN(C)CC2)c2n1CCN(C(=O)c1cccc3c1ccn3C)C2. The van der Waals surface area contributed by atoms with Gasteiger partial charge in [0.15, 0.2) is 0 Å². The van der Waals surface area contributed by atoms with Gasteiger partial charge in [0, 0.05) is 48.7 Å². The first-order chi connectivity index (χ1) is 14.0. The van der Waals surface area contributed by atoms with Crippen molar-refractivity contribution in [1.82, 2.24) is 23.9 Å². The van der Waals surface area contributed by atoms with Crippen molar-refractivity contribution in [2.45, 2.75) is 38.8 Å². The summed E-state index contributed by atoms with van der Waals surface area (Å²) < 4.78 is 4.40. The molecule has 1 saturated heterocycles. The topological polar surface area (TPSA) is 46.3 Å². The van der Waals surface area contributed by atoms with Gasteiger partial charge in [0.2, 0.25) is 0 Å². The number of imidazole rings is 1. The lowest BCUT2D eigenvalue weighted by atomic mass is 9.92. The molecule has 2 aliphatic rings. The minimum Gasteiger partial charge on any atom is -0.351 e. The molecule has 2 aromatic heterocycles. The molecule has 2 aliphatic heterocycles. The highest BCUT2D eigenvalue weighted by molar-refractivity contribution is 6.06. The smallest absolute Gasteiger partial charge is 0.254 e. The van der Waals surface area contributed by atoms with E-state index < -0.39 is 0 Å². The van der Waals surface area contributed by atoms with Gasteiger partial charge in [0.05, 0.1) is 17.9 Å². The van der Waals surface area contributed by atoms with Crippen LogP contribution in [0.1, 0.15) is 46.3 Å². The second kappa shape index (κ2) is 7.02. The Hall–Kier alpha value is -2.60. The standard InChI is InChI=1S/C23H29N5O/c1-16-24-22(17-7-10-25(2)11-8-17)21-15-27(13-14-28(16)21)23(29)19-5-4-6-20-18(19)9-12-26(20)3/h4-6,9,12,17H,7-8,10-11,13-15H2,1-3H3. The Bertz CT molecular complexity index is 1070. The number of carbonyl (C=O) groups is 1. The average Bonchev–Trinajstić information content (AvgIpc) is 3.28. The maximum absolute atomic E-state index is 13.5. The third-order valence-corrected chi connectivity index (χ3v) is 6.78. The van der Waals surface area contributed by atoms with Crippen LogP contribution in [0.3, 0.4) is 0 Å². The van der Waals surface area contributed by atoms with Crippen LogP contribution in [-0.4, -0.2) is 56.5 Å². The summed E-state index contributed by atoms with van der Waals surface area (Å²) in [7, 11) is 4.21. The van der Waals surface area contributed by atoms with Crippen LogP contribution in [0.2, 0.25) is 0 Å². The van der Waals surface area contributed by atoms with Crippen LogP contribution >= 0.6 is 0 Å². The van der Waals surface area contributed by atoms with Gasteiger partial charge in [-0.3, -0.25) is 4.79 Å². The van der Waals surface area contributed by atoms with Crippen molar-refractivity contribution in [3.63, 3.8) is 0 Å². The van der Waals surface area contributed by atoms with Gasteiger partial charge >= 0.3 is 0 Å². The van der Waals surface area contributed by atoms with Gasteiger partial charge < -0.3 is 18.9 Å². The largest absolute Gasteiger partial charge is 0.351 e. The number of amides is 1. The van der Waals surface area contributed by atoms with Crippen molar-refractivity contribution >= 4 is 16.8 Å². The number of piperidine rings is 1. The van der Waals surface area contributed by atoms with Gasteiger partial charge in [0.25, 0.3) is 5.91 Å². The zero-order valence-electron chi connectivity index (χ0n) is 17.6. The third-order valence-electron chi connectivity index (χ3n) is 6.78. The van der Waals surface area contributed by atoms with Crippen molar-refractivity contribution in [2.75, 3.05) is 26.7 Å². The molecule has 1 aromatic carbocycles. The number of hydrogen-bond donors (Lipinski definition) is 0. The van der Waals surface area contributed by atoms with Crippen LogP contribution in [0.4, 0.5) is 0 Å². The second-order valence-electron chi connectivity index (χ2n) is 8.61. The number of carbonyl (C=O) groups excluding carboxylic acids is 1. The Morgan fingerprint density at radius 2 is 1.86 bits per heavy atom. The molecule has 0 unspecified atom stereocenters. The minimum absolute atomic E-state index is 0.126. The van der Waals surface area contributed by atoms with Crippen LogP contribution < -0.4 is 0 Å². The normalized spacial score (nSPS) is 18.4. The number of hydrogen-bond acceptors (Lipinski definition) is 3. The molecule has 1 fully saturated rings. The number of aromatic nitrogens is 3. The number of benzene rings is 1. The monoisotopic (exact) mass is 391 g/mol. The Morgan fingerprint density at radius 1 is 1.07 bits per heavy atom. The molecule has 0 radical (unpaired) electrons. The zero-order chi connectivity index (χ0) is 20.1. The van der Waals surface area contributed by atoms with Gasteiger partial charge in [-0.1, -0.05) is 6.07 Å². The molecular weight excluding hydrogens is 362 g/mol. The van der Waals surface area contributed by atoms with E-state index in [4.69, 9.17) is 4.98 Å². The molecule has 6 heteroatoms. The summed E-state index contributed by atoms with van der Waals surface area (Å²) in [5, 5.41) is 1.03. The number of fused-ring (bicyclic) bond motifs is 2. The summed E-state index contributed by atoms with van der Waals surface area (Å²) in [6, 6.07) is 8.06. The molecule has 0 atom stereocenters. The lowest BCUT2D eigenvalue weighted by Gasteiger charge is -2.32. The number of nitrogens with zero attached hydrogens (tertiary/aromatic N) is 5. The van der Waals surface area contributed by atoms with Crippen molar-refractivity contribution in [3.05, 3.63) is 53.2 Å². The summed E-state index contributed by atoms with van der Waals surface area (Å²) in [6.07, 6.45) is 4.32. The van der Waals surface area contributed by atoms with E-state index in [9.17, 15) is 4.79 Å². The summed E-state index contributed by atoms with van der Waals surface area (Å²) in [5.74, 6) is 1.72. The van der Waals surface area contributed by atoms with Crippen LogP contribution in [0.5, 0.6) is 0 Å². The van der Waals surface area contributed by atoms with Gasteiger partial charge in [-0.15, -0.1) is 0 Å². The average molecular weight is 392 g/mol. The maximum Gasteiger partial charge on any atom is 0.254 e.